The molecule has 2 nitrogen and oxygen atoms in total. The fourth-order valence-electron chi connectivity index (χ4n) is 1.73. The molecule has 0 radical (unpaired) electrons. The second kappa shape index (κ2) is 5.19. The molecule has 0 fully saturated rings. The van der Waals surface area contributed by atoms with E-state index in [0.717, 1.165) is 16.5 Å². The van der Waals surface area contributed by atoms with Crippen LogP contribution in [-0.4, -0.2) is 11.3 Å². The molecule has 0 aliphatic rings. The first-order valence-electron chi connectivity index (χ1n) is 5.58. The van der Waals surface area contributed by atoms with Crippen LogP contribution in [0.2, 0.25) is 0 Å². The maximum absolute atomic E-state index is 11.6. The van der Waals surface area contributed by atoms with Gasteiger partial charge in [-0.3, -0.25) is 4.79 Å². The number of hydrogen-bond donors (Lipinski definition) is 1. The molecule has 0 bridgehead atoms. The van der Waals surface area contributed by atoms with Crippen molar-refractivity contribution in [2.45, 2.75) is 18.7 Å². The molecule has 1 N–H and O–H groups in total. The quantitative estimate of drug-likeness (QED) is 0.822. The van der Waals surface area contributed by atoms with Crippen molar-refractivity contribution in [1.29, 1.82) is 0 Å². The zero-order chi connectivity index (χ0) is 12.3. The minimum absolute atomic E-state index is 0.0530. The van der Waals surface area contributed by atoms with E-state index in [2.05, 4.69) is 5.32 Å². The lowest BCUT2D eigenvalue weighted by atomic mass is 10.1. The van der Waals surface area contributed by atoms with Crippen molar-refractivity contribution in [1.82, 2.24) is 0 Å². The van der Waals surface area contributed by atoms with Crippen molar-refractivity contribution in [3.8, 4) is 0 Å². The third-order valence-electron chi connectivity index (χ3n) is 2.50. The Morgan fingerprint density at radius 2 is 1.94 bits per heavy atom. The number of fused-ring (bicyclic) bond motifs is 1. The molecule has 2 aromatic rings. The van der Waals surface area contributed by atoms with E-state index < -0.39 is 0 Å². The Morgan fingerprint density at radius 1 is 1.24 bits per heavy atom. The van der Waals surface area contributed by atoms with Gasteiger partial charge in [-0.1, -0.05) is 30.3 Å². The van der Waals surface area contributed by atoms with Crippen LogP contribution in [0.3, 0.4) is 0 Å². The molecule has 1 unspecified atom stereocenters. The molecule has 0 heterocycles. The summed E-state index contributed by atoms with van der Waals surface area (Å²) in [6.45, 7) is 1.81. The summed E-state index contributed by atoms with van der Waals surface area (Å²) < 4.78 is 0. The lowest BCUT2D eigenvalue weighted by Crippen LogP contribution is -2.14. The monoisotopic (exact) mass is 247 g/mol. The van der Waals surface area contributed by atoms with Gasteiger partial charge in [-0.2, -0.15) is 0 Å². The summed E-state index contributed by atoms with van der Waals surface area (Å²) in [5.74, 6) is -0.0530. The van der Waals surface area contributed by atoms with Gasteiger partial charge in [0.25, 0.3) is 0 Å². The highest BCUT2D eigenvalue weighted by atomic mass is 35.5. The summed E-state index contributed by atoms with van der Waals surface area (Å²) in [6, 6.07) is 13.9. The molecule has 0 saturated carbocycles. The van der Waals surface area contributed by atoms with Crippen LogP contribution in [0.15, 0.2) is 42.5 Å². The average molecular weight is 248 g/mol. The Hall–Kier alpha value is -1.54. The summed E-state index contributed by atoms with van der Waals surface area (Å²) >= 11 is 5.77. The molecule has 0 saturated heterocycles. The summed E-state index contributed by atoms with van der Waals surface area (Å²) in [5, 5.41) is 4.98. The van der Waals surface area contributed by atoms with Crippen molar-refractivity contribution in [3.05, 3.63) is 42.5 Å². The molecule has 2 aromatic carbocycles. The van der Waals surface area contributed by atoms with Gasteiger partial charge in [0.15, 0.2) is 0 Å². The van der Waals surface area contributed by atoms with E-state index in [4.69, 9.17) is 11.6 Å². The predicted octanol–water partition coefficient (Wildman–Crippen LogP) is 3.80. The molecule has 2 rings (SSSR count). The molecular weight excluding hydrogens is 234 g/mol. The van der Waals surface area contributed by atoms with Crippen LogP contribution in [0.5, 0.6) is 0 Å². The van der Waals surface area contributed by atoms with E-state index in [9.17, 15) is 4.79 Å². The normalized spacial score (nSPS) is 12.4. The van der Waals surface area contributed by atoms with Crippen molar-refractivity contribution in [3.63, 3.8) is 0 Å². The molecule has 88 valence electrons. The van der Waals surface area contributed by atoms with Crippen molar-refractivity contribution in [2.24, 2.45) is 0 Å². The Balaban J connectivity index is 2.17. The molecule has 0 aromatic heterocycles. The van der Waals surface area contributed by atoms with Crippen molar-refractivity contribution >= 4 is 34.0 Å². The third-order valence-corrected chi connectivity index (χ3v) is 2.65. The van der Waals surface area contributed by atoms with Gasteiger partial charge in [-0.15, -0.1) is 11.6 Å². The molecule has 3 heteroatoms. The number of halogens is 1. The number of nitrogens with one attached hydrogen (secondary N) is 1. The van der Waals surface area contributed by atoms with Gasteiger partial charge in [0.1, 0.15) is 0 Å². The van der Waals surface area contributed by atoms with Gasteiger partial charge in [0, 0.05) is 17.5 Å². The first-order valence-corrected chi connectivity index (χ1v) is 6.01. The number of carbonyl (C=O) groups is 1. The van der Waals surface area contributed by atoms with E-state index in [1.807, 2.05) is 49.4 Å². The molecule has 1 amide bonds. The van der Waals surface area contributed by atoms with Crippen LogP contribution >= 0.6 is 11.6 Å². The van der Waals surface area contributed by atoms with E-state index in [1.165, 1.54) is 0 Å². The first-order chi connectivity index (χ1) is 8.15. The van der Waals surface area contributed by atoms with Crippen LogP contribution in [0.4, 0.5) is 5.69 Å². The van der Waals surface area contributed by atoms with Gasteiger partial charge in [-0.25, -0.2) is 0 Å². The SMILES string of the molecule is CC(Cl)CC(=O)Nc1ccc2ccccc2c1. The second-order valence-electron chi connectivity index (χ2n) is 4.09. The van der Waals surface area contributed by atoms with Gasteiger partial charge in [0.2, 0.25) is 5.91 Å². The van der Waals surface area contributed by atoms with Crippen LogP contribution in [0, 0.1) is 0 Å². The highest BCUT2D eigenvalue weighted by Crippen LogP contribution is 2.19. The second-order valence-corrected chi connectivity index (χ2v) is 4.84. The zero-order valence-electron chi connectivity index (χ0n) is 9.61. The number of benzene rings is 2. The molecule has 0 spiro atoms. The van der Waals surface area contributed by atoms with E-state index in [-0.39, 0.29) is 11.3 Å². The molecule has 0 aliphatic carbocycles. The number of alkyl halides is 1. The Bertz CT molecular complexity index is 536. The Labute approximate surface area is 106 Å². The van der Waals surface area contributed by atoms with Crippen molar-refractivity contribution < 1.29 is 4.79 Å². The maximum Gasteiger partial charge on any atom is 0.225 e. The molecule has 0 aliphatic heterocycles. The fourth-order valence-corrected chi connectivity index (χ4v) is 1.87. The third kappa shape index (κ3) is 3.21. The topological polar surface area (TPSA) is 29.1 Å². The number of amides is 1. The molecular formula is C14H14ClNO. The summed E-state index contributed by atoms with van der Waals surface area (Å²) in [4.78, 5) is 11.6. The Morgan fingerprint density at radius 3 is 2.65 bits per heavy atom. The highest BCUT2D eigenvalue weighted by Gasteiger charge is 2.06. The first kappa shape index (κ1) is 11.9. The van der Waals surface area contributed by atoms with Crippen LogP contribution in [0.25, 0.3) is 10.8 Å². The largest absolute Gasteiger partial charge is 0.326 e. The summed E-state index contributed by atoms with van der Waals surface area (Å²) in [6.07, 6.45) is 0.328. The van der Waals surface area contributed by atoms with E-state index in [0.29, 0.717) is 6.42 Å². The van der Waals surface area contributed by atoms with E-state index >= 15 is 0 Å². The maximum atomic E-state index is 11.6. The number of carbonyl (C=O) groups excluding carboxylic acids is 1. The van der Waals surface area contributed by atoms with E-state index in [1.54, 1.807) is 0 Å². The molecule has 17 heavy (non-hydrogen) atoms. The van der Waals surface area contributed by atoms with Crippen LogP contribution in [0.1, 0.15) is 13.3 Å². The van der Waals surface area contributed by atoms with Crippen LogP contribution in [-0.2, 0) is 4.79 Å². The van der Waals surface area contributed by atoms with Crippen molar-refractivity contribution in [2.75, 3.05) is 5.32 Å². The number of anilines is 1. The predicted molar refractivity (Wildman–Crippen MR) is 72.5 cm³/mol. The number of hydrogen-bond acceptors (Lipinski definition) is 1. The van der Waals surface area contributed by atoms with Gasteiger partial charge >= 0.3 is 0 Å². The minimum atomic E-state index is -0.143. The van der Waals surface area contributed by atoms with Gasteiger partial charge < -0.3 is 5.32 Å². The van der Waals surface area contributed by atoms with Crippen LogP contribution < -0.4 is 5.32 Å². The van der Waals surface area contributed by atoms with Gasteiger partial charge in [-0.05, 0) is 29.8 Å². The smallest absolute Gasteiger partial charge is 0.225 e. The fraction of sp³-hybridized carbons (Fsp3) is 0.214. The molecule has 1 atom stereocenters. The average Bonchev–Trinajstić information content (AvgIpc) is 2.27. The Kier molecular flexibility index (Phi) is 3.64. The standard InChI is InChI=1S/C14H14ClNO/c1-10(15)8-14(17)16-13-7-6-11-4-2-3-5-12(11)9-13/h2-7,9-10H,8H2,1H3,(H,16,17). The summed E-state index contributed by atoms with van der Waals surface area (Å²) in [7, 11) is 0. The lowest BCUT2D eigenvalue weighted by molar-refractivity contribution is -0.116. The van der Waals surface area contributed by atoms with Gasteiger partial charge in [0.05, 0.1) is 0 Å². The highest BCUT2D eigenvalue weighted by molar-refractivity contribution is 6.21. The lowest BCUT2D eigenvalue weighted by Gasteiger charge is -2.07. The summed E-state index contributed by atoms with van der Waals surface area (Å²) in [5.41, 5.74) is 0.811. The minimum Gasteiger partial charge on any atom is -0.326 e. The number of rotatable bonds is 3. The zero-order valence-corrected chi connectivity index (χ0v) is 10.4.